The first kappa shape index (κ1) is 22.9. The number of primary amides is 1. The number of piperidine rings is 1. The van der Waals surface area contributed by atoms with Crippen molar-refractivity contribution in [3.8, 4) is 11.5 Å². The largest absolute Gasteiger partial charge is 0.456 e. The van der Waals surface area contributed by atoms with E-state index in [2.05, 4.69) is 36.3 Å². The van der Waals surface area contributed by atoms with E-state index >= 15 is 0 Å². The predicted molar refractivity (Wildman–Crippen MR) is 134 cm³/mol. The van der Waals surface area contributed by atoms with Gasteiger partial charge in [-0.2, -0.15) is 0 Å². The van der Waals surface area contributed by atoms with Gasteiger partial charge in [-0.05, 0) is 82.1 Å². The van der Waals surface area contributed by atoms with Crippen LogP contribution >= 0.6 is 0 Å². The van der Waals surface area contributed by atoms with Crippen LogP contribution in [0.25, 0.3) is 5.57 Å². The molecule has 4 rings (SSSR count). The summed E-state index contributed by atoms with van der Waals surface area (Å²) in [5.41, 5.74) is 16.0. The van der Waals surface area contributed by atoms with E-state index in [1.807, 2.05) is 6.21 Å². The maximum absolute atomic E-state index is 11.4. The van der Waals surface area contributed by atoms with Crippen molar-refractivity contribution in [3.63, 3.8) is 0 Å². The number of aliphatic imine (C=N–C) groups is 1. The van der Waals surface area contributed by atoms with Crippen molar-refractivity contribution in [2.75, 3.05) is 25.0 Å². The van der Waals surface area contributed by atoms with Crippen molar-refractivity contribution in [1.82, 2.24) is 5.32 Å². The van der Waals surface area contributed by atoms with E-state index in [-0.39, 0.29) is 0 Å². The highest BCUT2D eigenvalue weighted by Crippen LogP contribution is 2.42. The number of fused-ring (bicyclic) bond motifs is 1. The zero-order valence-electron chi connectivity index (χ0n) is 19.4. The molecule has 0 bridgehead atoms. The fourth-order valence-corrected chi connectivity index (χ4v) is 4.47. The highest BCUT2D eigenvalue weighted by molar-refractivity contribution is 6.11. The van der Waals surface area contributed by atoms with Gasteiger partial charge in [-0.1, -0.05) is 0 Å². The SMILES string of the molecule is CC1CCc2c(ccc(C(C=NC3CCNCC3)=CN)c2Oc2ccc(C(N)=O)cc2)N1C. The van der Waals surface area contributed by atoms with Gasteiger partial charge in [0.15, 0.2) is 0 Å². The monoisotopic (exact) mass is 447 g/mol. The van der Waals surface area contributed by atoms with Gasteiger partial charge in [-0.15, -0.1) is 0 Å². The van der Waals surface area contributed by atoms with E-state index in [0.717, 1.165) is 66.9 Å². The van der Waals surface area contributed by atoms with Crippen LogP contribution in [0.3, 0.4) is 0 Å². The number of allylic oxidation sites excluding steroid dienone is 1. The van der Waals surface area contributed by atoms with Crippen LogP contribution in [0.1, 0.15) is 47.7 Å². The highest BCUT2D eigenvalue weighted by atomic mass is 16.5. The van der Waals surface area contributed by atoms with E-state index in [1.54, 1.807) is 30.5 Å². The van der Waals surface area contributed by atoms with Crippen LogP contribution in [0, 0.1) is 0 Å². The molecule has 7 heteroatoms. The van der Waals surface area contributed by atoms with Crippen molar-refractivity contribution in [2.24, 2.45) is 16.5 Å². The topological polar surface area (TPSA) is 106 Å². The molecule has 1 fully saturated rings. The fourth-order valence-electron chi connectivity index (χ4n) is 4.47. The quantitative estimate of drug-likeness (QED) is 0.588. The molecule has 2 aromatic carbocycles. The van der Waals surface area contributed by atoms with Crippen LogP contribution in [0.5, 0.6) is 11.5 Å². The normalized spacial score (nSPS) is 19.5. The standard InChI is InChI=1S/C26H33N5O2/c1-17-3-8-23-24(31(17)2)10-9-22(19(15-27)16-30-20-11-13-29-14-12-20)25(23)33-21-6-4-18(5-7-21)26(28)32/h4-7,9-10,15-17,20,29H,3,8,11-14,27H2,1-2H3,(H2,28,32). The van der Waals surface area contributed by atoms with Crippen LogP contribution in [0.4, 0.5) is 5.69 Å². The lowest BCUT2D eigenvalue weighted by Gasteiger charge is -2.35. The summed E-state index contributed by atoms with van der Waals surface area (Å²) in [6.07, 6.45) is 7.48. The molecule has 0 saturated carbocycles. The third-order valence-corrected chi connectivity index (χ3v) is 6.67. The van der Waals surface area contributed by atoms with Crippen molar-refractivity contribution in [2.45, 2.75) is 44.7 Å². The molecular weight excluding hydrogens is 414 g/mol. The third-order valence-electron chi connectivity index (χ3n) is 6.67. The van der Waals surface area contributed by atoms with E-state index in [0.29, 0.717) is 23.4 Å². The Hall–Kier alpha value is -3.32. The number of ether oxygens (including phenoxy) is 1. The molecule has 0 radical (unpaired) electrons. The summed E-state index contributed by atoms with van der Waals surface area (Å²) in [6.45, 7) is 4.21. The number of hydrogen-bond donors (Lipinski definition) is 3. The van der Waals surface area contributed by atoms with E-state index in [4.69, 9.17) is 21.2 Å². The van der Waals surface area contributed by atoms with Crippen molar-refractivity contribution < 1.29 is 9.53 Å². The van der Waals surface area contributed by atoms with Crippen molar-refractivity contribution >= 4 is 23.4 Å². The molecule has 2 heterocycles. The molecular formula is C26H33N5O2. The molecule has 7 nitrogen and oxygen atoms in total. The molecule has 0 aromatic heterocycles. The van der Waals surface area contributed by atoms with Gasteiger partial charge in [0.25, 0.3) is 0 Å². The van der Waals surface area contributed by atoms with E-state index < -0.39 is 5.91 Å². The van der Waals surface area contributed by atoms with Crippen LogP contribution < -0.4 is 26.4 Å². The number of hydrogen-bond acceptors (Lipinski definition) is 6. The highest BCUT2D eigenvalue weighted by Gasteiger charge is 2.26. The van der Waals surface area contributed by atoms with Crippen LogP contribution in [-0.2, 0) is 6.42 Å². The maximum Gasteiger partial charge on any atom is 0.248 e. The Morgan fingerprint density at radius 2 is 1.88 bits per heavy atom. The lowest BCUT2D eigenvalue weighted by Crippen LogP contribution is -2.33. The molecule has 2 aliphatic rings. The van der Waals surface area contributed by atoms with Gasteiger partial charge < -0.3 is 26.4 Å². The van der Waals surface area contributed by atoms with Crippen LogP contribution in [-0.4, -0.2) is 44.3 Å². The zero-order valence-corrected chi connectivity index (χ0v) is 19.4. The summed E-state index contributed by atoms with van der Waals surface area (Å²) in [5, 5.41) is 3.37. The summed E-state index contributed by atoms with van der Waals surface area (Å²) in [6, 6.07) is 11.9. The molecule has 1 amide bonds. The molecule has 1 saturated heterocycles. The van der Waals surface area contributed by atoms with Gasteiger partial charge in [0.1, 0.15) is 11.5 Å². The van der Waals surface area contributed by atoms with Crippen molar-refractivity contribution in [3.05, 3.63) is 59.3 Å². The summed E-state index contributed by atoms with van der Waals surface area (Å²) >= 11 is 0. The number of nitrogens with two attached hydrogens (primary N) is 2. The first-order chi connectivity index (χ1) is 16.0. The van der Waals surface area contributed by atoms with Gasteiger partial charge in [-0.3, -0.25) is 9.79 Å². The second-order valence-electron chi connectivity index (χ2n) is 8.81. The molecule has 2 aromatic rings. The zero-order chi connectivity index (χ0) is 23.4. The number of nitrogens with zero attached hydrogens (tertiary/aromatic N) is 2. The molecule has 0 spiro atoms. The molecule has 1 atom stereocenters. The Morgan fingerprint density at radius 1 is 1.15 bits per heavy atom. The summed E-state index contributed by atoms with van der Waals surface area (Å²) in [5.74, 6) is 0.964. The minimum atomic E-state index is -0.461. The lowest BCUT2D eigenvalue weighted by atomic mass is 9.92. The first-order valence-electron chi connectivity index (χ1n) is 11.6. The second kappa shape index (κ2) is 10.1. The average molecular weight is 448 g/mol. The first-order valence-corrected chi connectivity index (χ1v) is 11.6. The Bertz CT molecular complexity index is 1060. The Balaban J connectivity index is 1.72. The Morgan fingerprint density at radius 3 is 2.55 bits per heavy atom. The average Bonchev–Trinajstić information content (AvgIpc) is 2.83. The number of benzene rings is 2. The lowest BCUT2D eigenvalue weighted by molar-refractivity contribution is 0.100. The minimum absolute atomic E-state index is 0.302. The molecule has 174 valence electrons. The van der Waals surface area contributed by atoms with E-state index in [9.17, 15) is 4.79 Å². The summed E-state index contributed by atoms with van der Waals surface area (Å²) < 4.78 is 6.45. The molecule has 1 unspecified atom stereocenters. The maximum atomic E-state index is 11.4. The van der Waals surface area contributed by atoms with Gasteiger partial charge >= 0.3 is 0 Å². The number of nitrogens with one attached hydrogen (secondary N) is 1. The fraction of sp³-hybridized carbons (Fsp3) is 0.385. The Kier molecular flexibility index (Phi) is 6.99. The molecule has 5 N–H and O–H groups in total. The third kappa shape index (κ3) is 5.03. The Labute approximate surface area is 195 Å². The van der Waals surface area contributed by atoms with Crippen LogP contribution in [0.15, 0.2) is 47.6 Å². The smallest absolute Gasteiger partial charge is 0.248 e. The molecule has 33 heavy (non-hydrogen) atoms. The van der Waals surface area contributed by atoms with Gasteiger partial charge in [0, 0.05) is 53.5 Å². The van der Waals surface area contributed by atoms with Crippen molar-refractivity contribution in [1.29, 1.82) is 0 Å². The number of amides is 1. The number of rotatable bonds is 6. The minimum Gasteiger partial charge on any atom is -0.456 e. The van der Waals surface area contributed by atoms with Crippen LogP contribution in [0.2, 0.25) is 0 Å². The number of anilines is 1. The second-order valence-corrected chi connectivity index (χ2v) is 8.81. The molecule has 0 aliphatic carbocycles. The molecule has 2 aliphatic heterocycles. The number of carbonyl (C=O) groups is 1. The van der Waals surface area contributed by atoms with Gasteiger partial charge in [0.05, 0.1) is 6.04 Å². The summed E-state index contributed by atoms with van der Waals surface area (Å²) in [7, 11) is 2.12. The van der Waals surface area contributed by atoms with Gasteiger partial charge in [-0.25, -0.2) is 0 Å². The number of carbonyl (C=O) groups excluding carboxylic acids is 1. The predicted octanol–water partition coefficient (Wildman–Crippen LogP) is 3.47. The van der Waals surface area contributed by atoms with Gasteiger partial charge in [0.2, 0.25) is 5.91 Å². The summed E-state index contributed by atoms with van der Waals surface area (Å²) in [4.78, 5) is 18.6. The van der Waals surface area contributed by atoms with E-state index in [1.165, 1.54) is 0 Å².